The van der Waals surface area contributed by atoms with Crippen LogP contribution in [0.3, 0.4) is 0 Å². The number of nitrogens with one attached hydrogen (secondary N) is 1. The van der Waals surface area contributed by atoms with Crippen LogP contribution in [0.2, 0.25) is 0 Å². The van der Waals surface area contributed by atoms with Crippen molar-refractivity contribution in [3.05, 3.63) is 96.5 Å². The summed E-state index contributed by atoms with van der Waals surface area (Å²) >= 11 is 0. The van der Waals surface area contributed by atoms with Gasteiger partial charge < -0.3 is 15.0 Å². The smallest absolute Gasteiger partial charge is 0.253 e. The minimum absolute atomic E-state index is 0.0250. The van der Waals surface area contributed by atoms with Crippen molar-refractivity contribution in [1.29, 1.82) is 0 Å². The monoisotopic (exact) mass is 470 g/mol. The molecule has 2 aromatic carbocycles. The van der Waals surface area contributed by atoms with Crippen molar-refractivity contribution in [2.45, 2.75) is 18.8 Å². The zero-order chi connectivity index (χ0) is 24.0. The number of hydrogen-bond donors (Lipinski definition) is 1. The molecule has 35 heavy (non-hydrogen) atoms. The molecule has 1 aliphatic rings. The normalized spacial score (nSPS) is 13.9. The quantitative estimate of drug-likeness (QED) is 0.426. The van der Waals surface area contributed by atoms with Crippen LogP contribution in [0.25, 0.3) is 0 Å². The van der Waals surface area contributed by atoms with E-state index in [0.717, 1.165) is 24.2 Å². The highest BCUT2D eigenvalue weighted by Crippen LogP contribution is 2.34. The molecular formula is C26H23FN6O2. The predicted molar refractivity (Wildman–Crippen MR) is 128 cm³/mol. The van der Waals surface area contributed by atoms with Gasteiger partial charge in [-0.05, 0) is 61.4 Å². The van der Waals surface area contributed by atoms with Crippen LogP contribution < -0.4 is 10.1 Å². The molecule has 1 saturated heterocycles. The average Bonchev–Trinajstić information content (AvgIpc) is 2.91. The van der Waals surface area contributed by atoms with Gasteiger partial charge in [-0.25, -0.2) is 19.3 Å². The van der Waals surface area contributed by atoms with E-state index in [1.54, 1.807) is 43.0 Å². The van der Waals surface area contributed by atoms with Gasteiger partial charge in [0, 0.05) is 55.0 Å². The van der Waals surface area contributed by atoms with E-state index in [4.69, 9.17) is 4.74 Å². The summed E-state index contributed by atoms with van der Waals surface area (Å²) in [5.74, 6) is 1.12. The lowest BCUT2D eigenvalue weighted by Gasteiger charge is -2.32. The largest absolute Gasteiger partial charge is 0.437 e. The van der Waals surface area contributed by atoms with Crippen molar-refractivity contribution in [3.8, 4) is 11.6 Å². The van der Waals surface area contributed by atoms with Crippen molar-refractivity contribution in [3.63, 3.8) is 0 Å². The van der Waals surface area contributed by atoms with E-state index >= 15 is 0 Å². The molecule has 0 radical (unpaired) electrons. The van der Waals surface area contributed by atoms with Gasteiger partial charge in [0.05, 0.1) is 0 Å². The zero-order valence-electron chi connectivity index (χ0n) is 18.8. The van der Waals surface area contributed by atoms with Crippen molar-refractivity contribution in [1.82, 2.24) is 24.8 Å². The summed E-state index contributed by atoms with van der Waals surface area (Å²) in [4.78, 5) is 32.2. The highest BCUT2D eigenvalue weighted by Gasteiger charge is 2.28. The molecule has 5 rings (SSSR count). The number of nitrogens with zero attached hydrogens (tertiary/aromatic N) is 5. The second-order valence-electron chi connectivity index (χ2n) is 8.15. The lowest BCUT2D eigenvalue weighted by Crippen LogP contribution is -2.38. The summed E-state index contributed by atoms with van der Waals surface area (Å²) in [5, 5.41) is 3.12. The number of amides is 1. The van der Waals surface area contributed by atoms with Gasteiger partial charge >= 0.3 is 0 Å². The van der Waals surface area contributed by atoms with Crippen LogP contribution >= 0.6 is 0 Å². The molecule has 4 aromatic rings. The predicted octanol–water partition coefficient (Wildman–Crippen LogP) is 4.96. The molecule has 1 N–H and O–H groups in total. The summed E-state index contributed by atoms with van der Waals surface area (Å²) in [6.07, 6.45) is 7.99. The second-order valence-corrected chi connectivity index (χ2v) is 8.15. The van der Waals surface area contributed by atoms with Gasteiger partial charge in [-0.3, -0.25) is 9.78 Å². The van der Waals surface area contributed by atoms with E-state index in [1.165, 1.54) is 12.1 Å². The number of piperidine rings is 1. The first kappa shape index (κ1) is 22.4. The van der Waals surface area contributed by atoms with Crippen LogP contribution in [0.5, 0.6) is 11.6 Å². The van der Waals surface area contributed by atoms with Gasteiger partial charge in [-0.2, -0.15) is 0 Å². The molecule has 176 valence electrons. The lowest BCUT2D eigenvalue weighted by atomic mass is 9.93. The molecule has 0 aliphatic carbocycles. The maximum absolute atomic E-state index is 13.2. The minimum atomic E-state index is -0.330. The third-order valence-electron chi connectivity index (χ3n) is 5.82. The number of ether oxygens (including phenoxy) is 1. The first-order valence-corrected chi connectivity index (χ1v) is 11.3. The molecule has 1 aliphatic heterocycles. The van der Waals surface area contributed by atoms with Crippen molar-refractivity contribution < 1.29 is 13.9 Å². The fourth-order valence-corrected chi connectivity index (χ4v) is 4.07. The van der Waals surface area contributed by atoms with E-state index in [1.807, 2.05) is 29.2 Å². The standard InChI is InChI=1S/C26H23FN6O2/c27-20-5-7-22(8-6-20)35-24-23(28-13-14-29-24)18-9-15-33(16-10-18)25(34)19-3-1-4-21(17-19)32-26-30-11-2-12-31-26/h1-8,11-14,17-18H,9-10,15-16H2,(H,30,31,32). The fraction of sp³-hybridized carbons (Fsp3) is 0.192. The van der Waals surface area contributed by atoms with Crippen LogP contribution in [0.15, 0.2) is 79.4 Å². The van der Waals surface area contributed by atoms with Crippen LogP contribution in [-0.4, -0.2) is 43.8 Å². The highest BCUT2D eigenvalue weighted by atomic mass is 19.1. The van der Waals surface area contributed by atoms with E-state index in [2.05, 4.69) is 25.3 Å². The Morgan fingerprint density at radius 1 is 0.914 bits per heavy atom. The first-order valence-electron chi connectivity index (χ1n) is 11.3. The molecule has 0 atom stereocenters. The first-order chi connectivity index (χ1) is 17.2. The Morgan fingerprint density at radius 3 is 2.43 bits per heavy atom. The topological polar surface area (TPSA) is 93.1 Å². The van der Waals surface area contributed by atoms with Gasteiger partial charge in [-0.1, -0.05) is 6.07 Å². The van der Waals surface area contributed by atoms with E-state index in [9.17, 15) is 9.18 Å². The summed E-state index contributed by atoms with van der Waals surface area (Å²) in [6, 6.07) is 14.9. The van der Waals surface area contributed by atoms with Gasteiger partial charge in [0.1, 0.15) is 17.3 Å². The highest BCUT2D eigenvalue weighted by molar-refractivity contribution is 5.95. The van der Waals surface area contributed by atoms with Crippen LogP contribution in [0, 0.1) is 5.82 Å². The second kappa shape index (κ2) is 10.3. The van der Waals surface area contributed by atoms with E-state index in [0.29, 0.717) is 36.2 Å². The number of hydrogen-bond acceptors (Lipinski definition) is 7. The Bertz CT molecular complexity index is 1290. The van der Waals surface area contributed by atoms with Gasteiger partial charge in [-0.15, -0.1) is 0 Å². The maximum Gasteiger partial charge on any atom is 0.253 e. The molecule has 9 heteroatoms. The number of carbonyl (C=O) groups is 1. The molecule has 1 fully saturated rings. The van der Waals surface area contributed by atoms with E-state index in [-0.39, 0.29) is 17.6 Å². The van der Waals surface area contributed by atoms with Crippen molar-refractivity contribution in [2.24, 2.45) is 0 Å². The average molecular weight is 471 g/mol. The van der Waals surface area contributed by atoms with Crippen LogP contribution in [0.1, 0.15) is 34.8 Å². The SMILES string of the molecule is O=C(c1cccc(Nc2ncccn2)c1)N1CCC(c2nccnc2Oc2ccc(F)cc2)CC1. The molecule has 0 bridgehead atoms. The van der Waals surface area contributed by atoms with Gasteiger partial charge in [0.25, 0.3) is 5.91 Å². The van der Waals surface area contributed by atoms with Crippen LogP contribution in [0.4, 0.5) is 16.0 Å². The Kier molecular flexibility index (Phi) is 6.56. The Hall–Kier alpha value is -4.40. The number of benzene rings is 2. The summed E-state index contributed by atoms with van der Waals surface area (Å²) in [6.45, 7) is 1.19. The van der Waals surface area contributed by atoms with Gasteiger partial charge in [0.15, 0.2) is 0 Å². The Balaban J connectivity index is 1.24. The van der Waals surface area contributed by atoms with Crippen molar-refractivity contribution >= 4 is 17.5 Å². The molecule has 3 heterocycles. The summed E-state index contributed by atoms with van der Waals surface area (Å²) < 4.78 is 19.1. The van der Waals surface area contributed by atoms with Gasteiger partial charge in [0.2, 0.25) is 11.8 Å². The molecule has 0 saturated carbocycles. The molecule has 0 unspecified atom stereocenters. The third-order valence-corrected chi connectivity index (χ3v) is 5.82. The molecule has 8 nitrogen and oxygen atoms in total. The number of likely N-dealkylation sites (tertiary alicyclic amines) is 1. The molecule has 1 amide bonds. The Morgan fingerprint density at radius 2 is 1.66 bits per heavy atom. The molecule has 2 aromatic heterocycles. The third kappa shape index (κ3) is 5.40. The number of rotatable bonds is 6. The molecule has 0 spiro atoms. The zero-order valence-corrected chi connectivity index (χ0v) is 18.8. The fourth-order valence-electron chi connectivity index (χ4n) is 4.07. The maximum atomic E-state index is 13.2. The van der Waals surface area contributed by atoms with E-state index < -0.39 is 0 Å². The van der Waals surface area contributed by atoms with Crippen molar-refractivity contribution in [2.75, 3.05) is 18.4 Å². The van der Waals surface area contributed by atoms with Crippen LogP contribution in [-0.2, 0) is 0 Å². The number of carbonyl (C=O) groups excluding carboxylic acids is 1. The molecular weight excluding hydrogens is 447 g/mol. The number of aromatic nitrogens is 4. The Labute approximate surface area is 201 Å². The number of anilines is 2. The minimum Gasteiger partial charge on any atom is -0.437 e. The number of halogens is 1. The summed E-state index contributed by atoms with van der Waals surface area (Å²) in [7, 11) is 0. The lowest BCUT2D eigenvalue weighted by molar-refractivity contribution is 0.0711. The summed E-state index contributed by atoms with van der Waals surface area (Å²) in [5.41, 5.74) is 2.10.